The Hall–Kier alpha value is -3.86. The van der Waals surface area contributed by atoms with Crippen molar-refractivity contribution in [1.82, 2.24) is 5.01 Å². The first kappa shape index (κ1) is 22.0. The lowest BCUT2D eigenvalue weighted by atomic mass is 9.77. The van der Waals surface area contributed by atoms with Crippen LogP contribution in [0.2, 0.25) is 0 Å². The molecule has 3 aromatic carbocycles. The topological polar surface area (TPSA) is 32.7 Å². The van der Waals surface area contributed by atoms with E-state index in [4.69, 9.17) is 5.10 Å². The summed E-state index contributed by atoms with van der Waals surface area (Å²) in [7, 11) is 0. The maximum atomic E-state index is 13.6. The van der Waals surface area contributed by atoms with Gasteiger partial charge in [-0.25, -0.2) is 13.8 Å². The van der Waals surface area contributed by atoms with Crippen molar-refractivity contribution >= 4 is 23.8 Å². The highest BCUT2D eigenvalue weighted by Gasteiger charge is 2.43. The Labute approximate surface area is 197 Å². The van der Waals surface area contributed by atoms with E-state index in [-0.39, 0.29) is 29.5 Å². The highest BCUT2D eigenvalue weighted by atomic mass is 19.1. The Morgan fingerprint density at radius 1 is 0.882 bits per heavy atom. The molecule has 0 saturated heterocycles. The molecule has 0 aromatic heterocycles. The molecule has 1 aliphatic heterocycles. The minimum Gasteiger partial charge on any atom is -0.268 e. The molecule has 1 saturated carbocycles. The Balaban J connectivity index is 1.51. The maximum Gasteiger partial charge on any atom is 0.267 e. The zero-order chi connectivity index (χ0) is 23.5. The lowest BCUT2D eigenvalue weighted by Gasteiger charge is -2.29. The number of rotatable bonds is 4. The van der Waals surface area contributed by atoms with E-state index in [1.165, 1.54) is 35.4 Å². The highest BCUT2D eigenvalue weighted by Crippen LogP contribution is 2.44. The van der Waals surface area contributed by atoms with E-state index in [0.717, 1.165) is 47.2 Å². The fourth-order valence-electron chi connectivity index (χ4n) is 4.74. The number of carbonyl (C=O) groups excluding carboxylic acids is 1. The fraction of sp³-hybridized carbons (Fsp3) is 0.172. The molecule has 34 heavy (non-hydrogen) atoms. The van der Waals surface area contributed by atoms with Crippen LogP contribution in [-0.2, 0) is 4.79 Å². The van der Waals surface area contributed by atoms with E-state index in [1.807, 2.05) is 36.4 Å². The van der Waals surface area contributed by atoms with Gasteiger partial charge in [-0.2, -0.15) is 5.10 Å². The monoisotopic (exact) mass is 454 g/mol. The summed E-state index contributed by atoms with van der Waals surface area (Å²) in [6.07, 6.45) is 8.02. The molecule has 0 spiro atoms. The Kier molecular flexibility index (Phi) is 6.17. The van der Waals surface area contributed by atoms with Crippen LogP contribution in [0.1, 0.15) is 42.0 Å². The first-order valence-electron chi connectivity index (χ1n) is 11.5. The SMILES string of the molecule is O=C(/C=C/c1ccccc1)N1N=C2/C(=C/c3ccc(F)cc3)CCC[C@@H]2[C@H]1c1ccc(F)cc1. The second kappa shape index (κ2) is 9.56. The molecule has 5 rings (SSSR count). The van der Waals surface area contributed by atoms with Gasteiger partial charge in [0.1, 0.15) is 11.6 Å². The molecule has 3 aromatic rings. The average Bonchev–Trinajstić information content (AvgIpc) is 3.26. The van der Waals surface area contributed by atoms with Crippen molar-refractivity contribution < 1.29 is 13.6 Å². The molecule has 1 aliphatic carbocycles. The summed E-state index contributed by atoms with van der Waals surface area (Å²) in [6.45, 7) is 0. The Morgan fingerprint density at radius 3 is 2.26 bits per heavy atom. The summed E-state index contributed by atoms with van der Waals surface area (Å²) in [6, 6.07) is 22.0. The quantitative estimate of drug-likeness (QED) is 0.399. The minimum atomic E-state index is -0.315. The van der Waals surface area contributed by atoms with Gasteiger partial charge in [0.25, 0.3) is 5.91 Å². The fourth-order valence-corrected chi connectivity index (χ4v) is 4.74. The zero-order valence-corrected chi connectivity index (χ0v) is 18.6. The lowest BCUT2D eigenvalue weighted by molar-refractivity contribution is -0.128. The number of benzene rings is 3. The Morgan fingerprint density at radius 2 is 1.56 bits per heavy atom. The van der Waals surface area contributed by atoms with Crippen LogP contribution >= 0.6 is 0 Å². The summed E-state index contributed by atoms with van der Waals surface area (Å²) in [5.41, 5.74) is 4.61. The smallest absolute Gasteiger partial charge is 0.267 e. The lowest BCUT2D eigenvalue weighted by Crippen LogP contribution is -2.31. The molecule has 2 aliphatic rings. The number of hydrogen-bond acceptors (Lipinski definition) is 2. The molecule has 170 valence electrons. The number of hydrogen-bond donors (Lipinski definition) is 0. The van der Waals surface area contributed by atoms with Crippen LogP contribution < -0.4 is 0 Å². The second-order valence-electron chi connectivity index (χ2n) is 8.63. The van der Waals surface area contributed by atoms with Crippen molar-refractivity contribution in [3.8, 4) is 0 Å². The summed E-state index contributed by atoms with van der Waals surface area (Å²) in [4.78, 5) is 13.3. The second-order valence-corrected chi connectivity index (χ2v) is 8.63. The van der Waals surface area contributed by atoms with Crippen LogP contribution in [0.4, 0.5) is 8.78 Å². The van der Waals surface area contributed by atoms with Crippen molar-refractivity contribution in [2.75, 3.05) is 0 Å². The molecule has 1 heterocycles. The number of halogens is 2. The van der Waals surface area contributed by atoms with Gasteiger partial charge in [-0.15, -0.1) is 0 Å². The van der Waals surface area contributed by atoms with Gasteiger partial charge in [-0.1, -0.05) is 54.6 Å². The van der Waals surface area contributed by atoms with Gasteiger partial charge in [-0.05, 0) is 77.9 Å². The van der Waals surface area contributed by atoms with Crippen molar-refractivity contribution in [3.05, 3.63) is 119 Å². The van der Waals surface area contributed by atoms with E-state index >= 15 is 0 Å². The van der Waals surface area contributed by atoms with Crippen molar-refractivity contribution in [3.63, 3.8) is 0 Å². The van der Waals surface area contributed by atoms with E-state index in [1.54, 1.807) is 30.3 Å². The maximum absolute atomic E-state index is 13.6. The summed E-state index contributed by atoms with van der Waals surface area (Å²) >= 11 is 0. The molecule has 0 radical (unpaired) electrons. The van der Waals surface area contributed by atoms with Gasteiger partial charge in [-0.3, -0.25) is 4.79 Å². The Bertz CT molecular complexity index is 1260. The molecule has 0 N–H and O–H groups in total. The van der Waals surface area contributed by atoms with Crippen LogP contribution in [-0.4, -0.2) is 16.6 Å². The third-order valence-electron chi connectivity index (χ3n) is 6.37. The van der Waals surface area contributed by atoms with Crippen molar-refractivity contribution in [2.24, 2.45) is 11.0 Å². The third-order valence-corrected chi connectivity index (χ3v) is 6.37. The van der Waals surface area contributed by atoms with Crippen molar-refractivity contribution in [2.45, 2.75) is 25.3 Å². The van der Waals surface area contributed by atoms with Gasteiger partial charge in [0.2, 0.25) is 0 Å². The van der Waals surface area contributed by atoms with Crippen LogP contribution in [0.5, 0.6) is 0 Å². The van der Waals surface area contributed by atoms with Gasteiger partial charge in [0.05, 0.1) is 11.8 Å². The molecule has 5 heteroatoms. The van der Waals surface area contributed by atoms with E-state index in [0.29, 0.717) is 0 Å². The number of hydrazone groups is 1. The normalized spacial score (nSPS) is 21.1. The molecule has 0 bridgehead atoms. The number of carbonyl (C=O) groups is 1. The number of nitrogens with zero attached hydrogens (tertiary/aromatic N) is 2. The third kappa shape index (κ3) is 4.60. The van der Waals surface area contributed by atoms with E-state index < -0.39 is 0 Å². The van der Waals surface area contributed by atoms with E-state index in [2.05, 4.69) is 0 Å². The van der Waals surface area contributed by atoms with Crippen LogP contribution in [0.3, 0.4) is 0 Å². The standard InChI is InChI=1S/C29H24F2N2O/c30-24-14-9-21(10-15-24)19-23-7-4-8-26-28(23)32-33(29(26)22-12-16-25(31)17-13-22)27(34)18-11-20-5-2-1-3-6-20/h1-3,5-6,9-19,26,29H,4,7-8H2/b18-11+,23-19+/t26-,29+/m0/s1. The number of fused-ring (bicyclic) bond motifs is 1. The van der Waals surface area contributed by atoms with Crippen molar-refractivity contribution in [1.29, 1.82) is 0 Å². The molecular formula is C29H24F2N2O. The summed E-state index contributed by atoms with van der Waals surface area (Å²) in [5, 5.41) is 6.35. The predicted molar refractivity (Wildman–Crippen MR) is 131 cm³/mol. The molecule has 1 amide bonds. The predicted octanol–water partition coefficient (Wildman–Crippen LogP) is 6.80. The summed E-state index contributed by atoms with van der Waals surface area (Å²) in [5.74, 6) is -0.799. The number of amides is 1. The minimum absolute atomic E-state index is 0.0139. The summed E-state index contributed by atoms with van der Waals surface area (Å²) < 4.78 is 27.0. The van der Waals surface area contributed by atoms with Gasteiger partial charge >= 0.3 is 0 Å². The van der Waals surface area contributed by atoms with Crippen LogP contribution in [0.25, 0.3) is 12.2 Å². The first-order chi connectivity index (χ1) is 16.6. The molecule has 3 nitrogen and oxygen atoms in total. The van der Waals surface area contributed by atoms with Crippen LogP contribution in [0.15, 0.2) is 95.6 Å². The zero-order valence-electron chi connectivity index (χ0n) is 18.6. The molecule has 0 unspecified atom stereocenters. The van der Waals surface area contributed by atoms with Gasteiger partial charge in [0, 0.05) is 12.0 Å². The number of allylic oxidation sites excluding steroid dienone is 1. The largest absolute Gasteiger partial charge is 0.268 e. The highest BCUT2D eigenvalue weighted by molar-refractivity contribution is 6.08. The van der Waals surface area contributed by atoms with Gasteiger partial charge < -0.3 is 0 Å². The molecular weight excluding hydrogens is 430 g/mol. The van der Waals surface area contributed by atoms with Crippen LogP contribution in [0, 0.1) is 17.6 Å². The van der Waals surface area contributed by atoms with E-state index in [9.17, 15) is 13.6 Å². The first-order valence-corrected chi connectivity index (χ1v) is 11.5. The van der Waals surface area contributed by atoms with Gasteiger partial charge in [0.15, 0.2) is 0 Å². The molecule has 2 atom stereocenters. The average molecular weight is 455 g/mol. The molecule has 1 fully saturated rings.